The van der Waals surface area contributed by atoms with E-state index in [4.69, 9.17) is 17.3 Å². The number of nitrogens with one attached hydrogen (secondary N) is 1. The summed E-state index contributed by atoms with van der Waals surface area (Å²) in [5, 5.41) is 3.33. The van der Waals surface area contributed by atoms with Crippen LogP contribution in [0.4, 0.5) is 10.2 Å². The minimum atomic E-state index is -0.353. The van der Waals surface area contributed by atoms with Gasteiger partial charge in [0, 0.05) is 12.2 Å². The highest BCUT2D eigenvalue weighted by molar-refractivity contribution is 6.30. The Bertz CT molecular complexity index is 589. The van der Waals surface area contributed by atoms with Gasteiger partial charge in [0.05, 0.1) is 5.02 Å². The van der Waals surface area contributed by atoms with Crippen LogP contribution >= 0.6 is 11.6 Å². The fourth-order valence-electron chi connectivity index (χ4n) is 2.14. The fraction of sp³-hybridized carbons (Fsp3) is 0.267. The normalized spacial score (nSPS) is 12.3. The zero-order valence-corrected chi connectivity index (χ0v) is 12.0. The van der Waals surface area contributed by atoms with E-state index in [1.165, 1.54) is 0 Å². The second-order valence-electron chi connectivity index (χ2n) is 4.65. The van der Waals surface area contributed by atoms with Gasteiger partial charge in [-0.15, -0.1) is 0 Å². The summed E-state index contributed by atoms with van der Waals surface area (Å²) in [5.41, 5.74) is 7.39. The third-order valence-electron chi connectivity index (χ3n) is 3.30. The van der Waals surface area contributed by atoms with E-state index in [1.807, 2.05) is 19.2 Å². The van der Waals surface area contributed by atoms with Crippen molar-refractivity contribution in [3.05, 3.63) is 58.5 Å². The highest BCUT2D eigenvalue weighted by atomic mass is 35.5. The lowest BCUT2D eigenvalue weighted by Crippen LogP contribution is -2.30. The van der Waals surface area contributed by atoms with Crippen molar-refractivity contribution < 1.29 is 4.39 Å². The maximum atomic E-state index is 13.9. The summed E-state index contributed by atoms with van der Waals surface area (Å²) in [5.74, 6) is 0.160. The molecule has 0 spiro atoms. The molecule has 3 N–H and O–H groups in total. The second kappa shape index (κ2) is 6.68. The molecule has 20 heavy (non-hydrogen) atoms. The third-order valence-corrected chi connectivity index (χ3v) is 3.59. The van der Waals surface area contributed by atoms with Crippen LogP contribution in [0.15, 0.2) is 36.5 Å². The summed E-state index contributed by atoms with van der Waals surface area (Å²) in [6.45, 7) is 0. The van der Waals surface area contributed by atoms with Crippen molar-refractivity contribution in [2.45, 2.75) is 18.9 Å². The smallest absolute Gasteiger partial charge is 0.145 e. The van der Waals surface area contributed by atoms with Gasteiger partial charge in [0.15, 0.2) is 0 Å². The predicted octanol–water partition coefficient (Wildman–Crippen LogP) is 2.83. The number of hydrogen-bond donors (Lipinski definition) is 2. The molecule has 3 nitrogen and oxygen atoms in total. The van der Waals surface area contributed by atoms with Crippen LogP contribution < -0.4 is 11.1 Å². The molecule has 0 aliphatic rings. The van der Waals surface area contributed by atoms with Crippen LogP contribution in [-0.2, 0) is 12.8 Å². The van der Waals surface area contributed by atoms with E-state index in [2.05, 4.69) is 10.3 Å². The molecule has 5 heteroatoms. The zero-order valence-electron chi connectivity index (χ0n) is 11.2. The molecule has 0 saturated carbocycles. The number of benzene rings is 1. The Hall–Kier alpha value is -1.65. The molecule has 106 valence electrons. The second-order valence-corrected chi connectivity index (χ2v) is 5.06. The molecule has 0 bridgehead atoms. The lowest BCUT2D eigenvalue weighted by Gasteiger charge is -2.17. The number of anilines is 1. The standard InChI is InChI=1S/C15H17ClFN3/c1-19-12(9-11-5-3-7-20-15(11)18)8-10-4-2-6-13(16)14(10)17/h2-7,12,19H,8-9H2,1H3,(H2,18,20). The van der Waals surface area contributed by atoms with Gasteiger partial charge in [0.2, 0.25) is 0 Å². The van der Waals surface area contributed by atoms with Gasteiger partial charge in [-0.2, -0.15) is 0 Å². The molecule has 1 atom stereocenters. The van der Waals surface area contributed by atoms with Crippen molar-refractivity contribution in [2.24, 2.45) is 0 Å². The summed E-state index contributed by atoms with van der Waals surface area (Å²) in [7, 11) is 1.85. The van der Waals surface area contributed by atoms with Gasteiger partial charge in [-0.3, -0.25) is 0 Å². The van der Waals surface area contributed by atoms with Crippen molar-refractivity contribution in [3.63, 3.8) is 0 Å². The van der Waals surface area contributed by atoms with Crippen LogP contribution in [0.3, 0.4) is 0 Å². The molecule has 0 saturated heterocycles. The Labute approximate surface area is 123 Å². The Morgan fingerprint density at radius 2 is 1.95 bits per heavy atom. The molecule has 1 heterocycles. The number of likely N-dealkylation sites (N-methyl/N-ethyl adjacent to an activating group) is 1. The van der Waals surface area contributed by atoms with Crippen molar-refractivity contribution in [2.75, 3.05) is 12.8 Å². The molecular weight excluding hydrogens is 277 g/mol. The maximum Gasteiger partial charge on any atom is 0.145 e. The number of hydrogen-bond acceptors (Lipinski definition) is 3. The van der Waals surface area contributed by atoms with Crippen LogP contribution in [0.2, 0.25) is 5.02 Å². The molecule has 0 aliphatic carbocycles. The first-order valence-corrected chi connectivity index (χ1v) is 6.79. The van der Waals surface area contributed by atoms with E-state index in [0.29, 0.717) is 24.2 Å². The number of nitrogens with zero attached hydrogens (tertiary/aromatic N) is 1. The highest BCUT2D eigenvalue weighted by Gasteiger charge is 2.14. The van der Waals surface area contributed by atoms with Crippen molar-refractivity contribution in [3.8, 4) is 0 Å². The topological polar surface area (TPSA) is 50.9 Å². The first-order valence-electron chi connectivity index (χ1n) is 6.41. The lowest BCUT2D eigenvalue weighted by molar-refractivity contribution is 0.532. The van der Waals surface area contributed by atoms with Crippen LogP contribution in [0.5, 0.6) is 0 Å². The van der Waals surface area contributed by atoms with Gasteiger partial charge in [0.1, 0.15) is 11.6 Å². The number of halogens is 2. The number of rotatable bonds is 5. The average molecular weight is 294 g/mol. The van der Waals surface area contributed by atoms with Gasteiger partial charge < -0.3 is 11.1 Å². The SMILES string of the molecule is CNC(Cc1cccnc1N)Cc1cccc(Cl)c1F. The molecular formula is C15H17ClFN3. The number of nitrogens with two attached hydrogens (primary N) is 1. The Morgan fingerprint density at radius 3 is 2.65 bits per heavy atom. The third kappa shape index (κ3) is 3.46. The van der Waals surface area contributed by atoms with Crippen molar-refractivity contribution in [1.82, 2.24) is 10.3 Å². The van der Waals surface area contributed by atoms with E-state index < -0.39 is 0 Å². The molecule has 2 rings (SSSR count). The van der Waals surface area contributed by atoms with E-state index in [1.54, 1.807) is 24.4 Å². The number of pyridine rings is 1. The Morgan fingerprint density at radius 1 is 1.25 bits per heavy atom. The quantitative estimate of drug-likeness (QED) is 0.891. The molecule has 1 aromatic carbocycles. The van der Waals surface area contributed by atoms with Crippen LogP contribution in [0.25, 0.3) is 0 Å². The van der Waals surface area contributed by atoms with Gasteiger partial charge >= 0.3 is 0 Å². The Balaban J connectivity index is 2.14. The summed E-state index contributed by atoms with van der Waals surface area (Å²) >= 11 is 5.80. The minimum Gasteiger partial charge on any atom is -0.383 e. The monoisotopic (exact) mass is 293 g/mol. The predicted molar refractivity (Wildman–Crippen MR) is 80.3 cm³/mol. The van der Waals surface area contributed by atoms with Gasteiger partial charge in [-0.05, 0) is 43.1 Å². The fourth-order valence-corrected chi connectivity index (χ4v) is 2.33. The number of aromatic nitrogens is 1. The van der Waals surface area contributed by atoms with E-state index in [-0.39, 0.29) is 16.9 Å². The van der Waals surface area contributed by atoms with E-state index >= 15 is 0 Å². The molecule has 0 radical (unpaired) electrons. The van der Waals surface area contributed by atoms with Crippen molar-refractivity contribution >= 4 is 17.4 Å². The molecule has 1 unspecified atom stereocenters. The van der Waals surface area contributed by atoms with Gasteiger partial charge in [-0.1, -0.05) is 29.8 Å². The summed E-state index contributed by atoms with van der Waals surface area (Å²) < 4.78 is 13.9. The lowest BCUT2D eigenvalue weighted by atomic mass is 9.99. The van der Waals surface area contributed by atoms with E-state index in [0.717, 1.165) is 5.56 Å². The first-order chi connectivity index (χ1) is 9.61. The molecule has 0 fully saturated rings. The maximum absolute atomic E-state index is 13.9. The van der Waals surface area contributed by atoms with Crippen molar-refractivity contribution in [1.29, 1.82) is 0 Å². The largest absolute Gasteiger partial charge is 0.383 e. The first kappa shape index (κ1) is 14.8. The minimum absolute atomic E-state index is 0.0643. The van der Waals surface area contributed by atoms with Crippen LogP contribution in [-0.4, -0.2) is 18.1 Å². The van der Waals surface area contributed by atoms with Crippen LogP contribution in [0.1, 0.15) is 11.1 Å². The summed E-state index contributed by atoms with van der Waals surface area (Å²) in [4.78, 5) is 4.06. The summed E-state index contributed by atoms with van der Waals surface area (Å²) in [6.07, 6.45) is 2.88. The van der Waals surface area contributed by atoms with Gasteiger partial charge in [-0.25, -0.2) is 9.37 Å². The zero-order chi connectivity index (χ0) is 14.5. The number of nitrogen functional groups attached to an aromatic ring is 1. The van der Waals surface area contributed by atoms with Crippen LogP contribution in [0, 0.1) is 5.82 Å². The molecule has 0 amide bonds. The molecule has 0 aliphatic heterocycles. The van der Waals surface area contributed by atoms with E-state index in [9.17, 15) is 4.39 Å². The average Bonchev–Trinajstić information content (AvgIpc) is 2.45. The Kier molecular flexibility index (Phi) is 4.93. The molecule has 1 aromatic heterocycles. The summed E-state index contributed by atoms with van der Waals surface area (Å²) in [6, 6.07) is 8.89. The van der Waals surface area contributed by atoms with Gasteiger partial charge in [0.25, 0.3) is 0 Å². The molecule has 2 aromatic rings. The highest BCUT2D eigenvalue weighted by Crippen LogP contribution is 2.20.